The summed E-state index contributed by atoms with van der Waals surface area (Å²) in [5.74, 6) is -0.371. The molecule has 3 rings (SSSR count). The molecular weight excluding hydrogens is 418 g/mol. The number of hydrogen-bond acceptors (Lipinski definition) is 5. The van der Waals surface area contributed by atoms with Crippen LogP contribution in [0.1, 0.15) is 49.9 Å². The summed E-state index contributed by atoms with van der Waals surface area (Å²) >= 11 is 0. The maximum Gasteiger partial charge on any atom is 0.295 e. The Morgan fingerprint density at radius 3 is 2.30 bits per heavy atom. The first-order chi connectivity index (χ1) is 15.9. The second-order valence-electron chi connectivity index (χ2n) is 8.66. The minimum absolute atomic E-state index is 0.109. The average Bonchev–Trinajstić information content (AvgIpc) is 3.08. The molecule has 1 fully saturated rings. The molecule has 0 saturated carbocycles. The van der Waals surface area contributed by atoms with Gasteiger partial charge in [-0.25, -0.2) is 0 Å². The number of carbonyl (C=O) groups is 2. The van der Waals surface area contributed by atoms with Crippen LogP contribution in [0.2, 0.25) is 0 Å². The zero-order chi connectivity index (χ0) is 24.0. The number of hydrogen-bond donors (Lipinski definition) is 1. The first-order valence-electron chi connectivity index (χ1n) is 11.5. The largest absolute Gasteiger partial charge is 0.507 e. The number of aliphatic hydroxyl groups is 1. The van der Waals surface area contributed by atoms with Crippen molar-refractivity contribution in [1.29, 1.82) is 0 Å². The van der Waals surface area contributed by atoms with Crippen molar-refractivity contribution in [2.75, 3.05) is 26.9 Å². The van der Waals surface area contributed by atoms with Crippen LogP contribution in [0.25, 0.3) is 5.76 Å². The van der Waals surface area contributed by atoms with Crippen LogP contribution in [0.5, 0.6) is 5.75 Å². The van der Waals surface area contributed by atoms with E-state index in [4.69, 9.17) is 9.47 Å². The molecule has 0 bridgehead atoms. The monoisotopic (exact) mass is 451 g/mol. The van der Waals surface area contributed by atoms with Crippen molar-refractivity contribution in [3.05, 3.63) is 70.8 Å². The lowest BCUT2D eigenvalue weighted by atomic mass is 9.94. The van der Waals surface area contributed by atoms with Gasteiger partial charge in [0.05, 0.1) is 18.2 Å². The zero-order valence-electron chi connectivity index (χ0n) is 19.8. The minimum Gasteiger partial charge on any atom is -0.507 e. The van der Waals surface area contributed by atoms with Crippen molar-refractivity contribution in [2.24, 2.45) is 5.92 Å². The Labute approximate surface area is 195 Å². The summed E-state index contributed by atoms with van der Waals surface area (Å²) in [5, 5.41) is 11.2. The summed E-state index contributed by atoms with van der Waals surface area (Å²) < 4.78 is 10.8. The van der Waals surface area contributed by atoms with E-state index in [0.717, 1.165) is 17.5 Å². The van der Waals surface area contributed by atoms with Crippen molar-refractivity contribution in [3.63, 3.8) is 0 Å². The highest BCUT2D eigenvalue weighted by atomic mass is 16.5. The van der Waals surface area contributed by atoms with Crippen LogP contribution >= 0.6 is 0 Å². The summed E-state index contributed by atoms with van der Waals surface area (Å²) in [6.07, 6.45) is 1.48. The molecule has 1 unspecified atom stereocenters. The number of aryl methyl sites for hydroxylation is 1. The number of carbonyl (C=O) groups excluding carboxylic acids is 2. The molecule has 1 aliphatic heterocycles. The van der Waals surface area contributed by atoms with Gasteiger partial charge in [-0.15, -0.1) is 0 Å². The summed E-state index contributed by atoms with van der Waals surface area (Å²) in [6, 6.07) is 14.1. The predicted octanol–water partition coefficient (Wildman–Crippen LogP) is 4.74. The third kappa shape index (κ3) is 5.63. The first-order valence-corrected chi connectivity index (χ1v) is 11.5. The van der Waals surface area contributed by atoms with Gasteiger partial charge in [-0.2, -0.15) is 0 Å². The van der Waals surface area contributed by atoms with Gasteiger partial charge in [0.15, 0.2) is 0 Å². The number of Topliss-reactive ketones (excluding diaryl/α,β-unsaturated/α-hetero) is 1. The molecule has 6 heteroatoms. The lowest BCUT2D eigenvalue weighted by Crippen LogP contribution is -2.31. The summed E-state index contributed by atoms with van der Waals surface area (Å²) in [4.78, 5) is 27.5. The van der Waals surface area contributed by atoms with E-state index in [9.17, 15) is 14.7 Å². The van der Waals surface area contributed by atoms with Crippen molar-refractivity contribution in [1.82, 2.24) is 4.90 Å². The van der Waals surface area contributed by atoms with E-state index in [1.807, 2.05) is 24.3 Å². The topological polar surface area (TPSA) is 76.1 Å². The van der Waals surface area contributed by atoms with Crippen LogP contribution in [0, 0.1) is 5.92 Å². The molecule has 176 valence electrons. The Kier molecular flexibility index (Phi) is 8.28. The van der Waals surface area contributed by atoms with Crippen LogP contribution in [0.15, 0.2) is 54.1 Å². The number of nitrogens with zero attached hydrogens (tertiary/aromatic N) is 1. The molecule has 0 aromatic heterocycles. The molecule has 0 spiro atoms. The highest BCUT2D eigenvalue weighted by Crippen LogP contribution is 2.39. The fourth-order valence-electron chi connectivity index (χ4n) is 3.90. The van der Waals surface area contributed by atoms with Gasteiger partial charge in [-0.3, -0.25) is 9.59 Å². The number of methoxy groups -OCH3 is 1. The smallest absolute Gasteiger partial charge is 0.295 e. The Morgan fingerprint density at radius 2 is 1.73 bits per heavy atom. The van der Waals surface area contributed by atoms with Gasteiger partial charge >= 0.3 is 0 Å². The van der Waals surface area contributed by atoms with Gasteiger partial charge in [-0.05, 0) is 54.2 Å². The van der Waals surface area contributed by atoms with E-state index in [0.29, 0.717) is 43.4 Å². The number of likely N-dealkylation sites (tertiary alicyclic amines) is 1. The summed E-state index contributed by atoms with van der Waals surface area (Å²) in [7, 11) is 1.60. The highest BCUT2D eigenvalue weighted by molar-refractivity contribution is 6.46. The number of rotatable bonds is 10. The molecule has 0 radical (unpaired) electrons. The van der Waals surface area contributed by atoms with Crippen molar-refractivity contribution >= 4 is 17.4 Å². The van der Waals surface area contributed by atoms with Crippen molar-refractivity contribution < 1.29 is 24.2 Å². The SMILES string of the molecule is CCc1ccc(C2/C(=C(/O)c3ccc(OCC(C)C)cc3)C(=O)C(=O)N2CCCOC)cc1. The molecule has 1 N–H and O–H groups in total. The molecule has 1 amide bonds. The Bertz CT molecular complexity index is 992. The van der Waals surface area contributed by atoms with E-state index in [-0.39, 0.29) is 11.3 Å². The molecule has 6 nitrogen and oxygen atoms in total. The van der Waals surface area contributed by atoms with Gasteiger partial charge < -0.3 is 19.5 Å². The Morgan fingerprint density at radius 1 is 1.06 bits per heavy atom. The number of amides is 1. The van der Waals surface area contributed by atoms with E-state index >= 15 is 0 Å². The van der Waals surface area contributed by atoms with Crippen LogP contribution in [0.3, 0.4) is 0 Å². The lowest BCUT2D eigenvalue weighted by Gasteiger charge is -2.25. The van der Waals surface area contributed by atoms with Crippen molar-refractivity contribution in [2.45, 2.75) is 39.7 Å². The zero-order valence-corrected chi connectivity index (χ0v) is 19.8. The third-order valence-electron chi connectivity index (χ3n) is 5.70. The molecule has 2 aromatic carbocycles. The van der Waals surface area contributed by atoms with Gasteiger partial charge in [0.2, 0.25) is 0 Å². The number of ketones is 1. The second kappa shape index (κ2) is 11.1. The number of ether oxygens (including phenoxy) is 2. The first kappa shape index (κ1) is 24.5. The van der Waals surface area contributed by atoms with Gasteiger partial charge in [0.1, 0.15) is 11.5 Å². The Hall–Kier alpha value is -3.12. The van der Waals surface area contributed by atoms with Crippen molar-refractivity contribution in [3.8, 4) is 5.75 Å². The third-order valence-corrected chi connectivity index (χ3v) is 5.70. The van der Waals surface area contributed by atoms with Crippen LogP contribution in [0.4, 0.5) is 0 Å². The minimum atomic E-state index is -0.672. The number of aliphatic hydroxyl groups excluding tert-OH is 1. The Balaban J connectivity index is 2.00. The molecule has 33 heavy (non-hydrogen) atoms. The lowest BCUT2D eigenvalue weighted by molar-refractivity contribution is -0.140. The quantitative estimate of drug-likeness (QED) is 0.244. The normalized spacial score (nSPS) is 17.7. The van der Waals surface area contributed by atoms with Crippen LogP contribution < -0.4 is 4.74 Å². The highest BCUT2D eigenvalue weighted by Gasteiger charge is 2.45. The van der Waals surface area contributed by atoms with E-state index in [2.05, 4.69) is 20.8 Å². The van der Waals surface area contributed by atoms with Crippen LogP contribution in [-0.2, 0) is 20.7 Å². The molecule has 1 heterocycles. The maximum atomic E-state index is 13.0. The molecule has 1 aliphatic rings. The molecule has 1 saturated heterocycles. The van der Waals surface area contributed by atoms with E-state index in [1.165, 1.54) is 4.90 Å². The summed E-state index contributed by atoms with van der Waals surface area (Å²) in [6.45, 7) is 7.63. The summed E-state index contributed by atoms with van der Waals surface area (Å²) in [5.41, 5.74) is 2.53. The fourth-order valence-corrected chi connectivity index (χ4v) is 3.90. The maximum absolute atomic E-state index is 13.0. The van der Waals surface area contributed by atoms with E-state index < -0.39 is 17.7 Å². The molecule has 0 aliphatic carbocycles. The fraction of sp³-hybridized carbons (Fsp3) is 0.407. The number of benzene rings is 2. The predicted molar refractivity (Wildman–Crippen MR) is 128 cm³/mol. The average molecular weight is 452 g/mol. The van der Waals surface area contributed by atoms with Crippen LogP contribution in [-0.4, -0.2) is 48.6 Å². The standard InChI is InChI=1S/C27H33NO5/c1-5-19-7-9-20(10-8-19)24-23(26(30)27(31)28(24)15-6-16-32-4)25(29)21-11-13-22(14-12-21)33-17-18(2)3/h7-14,18,24,29H,5-6,15-17H2,1-4H3/b25-23-. The second-order valence-corrected chi connectivity index (χ2v) is 8.66. The van der Waals surface area contributed by atoms with Gasteiger partial charge in [0.25, 0.3) is 11.7 Å². The van der Waals surface area contributed by atoms with Gasteiger partial charge in [-0.1, -0.05) is 45.0 Å². The molecular formula is C27H33NO5. The van der Waals surface area contributed by atoms with E-state index in [1.54, 1.807) is 31.4 Å². The molecule has 2 aromatic rings. The molecule has 1 atom stereocenters. The van der Waals surface area contributed by atoms with Gasteiger partial charge in [0, 0.05) is 25.8 Å².